The van der Waals surface area contributed by atoms with Crippen LogP contribution in [-0.4, -0.2) is 30.3 Å². The number of nitrogens with zero attached hydrogens (tertiary/aromatic N) is 1. The topological polar surface area (TPSA) is 21.7 Å². The van der Waals surface area contributed by atoms with Crippen molar-refractivity contribution in [2.45, 2.75) is 33.0 Å². The lowest BCUT2D eigenvalue weighted by molar-refractivity contribution is -0.0728. The number of para-hydroxylation sites is 2. The van der Waals surface area contributed by atoms with Crippen molar-refractivity contribution in [2.24, 2.45) is 0 Å². The van der Waals surface area contributed by atoms with Gasteiger partial charge in [-0.25, -0.2) is 0 Å². The molecule has 0 saturated heterocycles. The molecular weight excluding hydrogens is 250 g/mol. The van der Waals surface area contributed by atoms with Crippen molar-refractivity contribution in [1.29, 1.82) is 0 Å². The fourth-order valence-corrected chi connectivity index (χ4v) is 2.11. The lowest BCUT2D eigenvalue weighted by atomic mass is 10.2. The van der Waals surface area contributed by atoms with Gasteiger partial charge in [0.05, 0.1) is 0 Å². The average molecular weight is 272 g/mol. The van der Waals surface area contributed by atoms with Crippen LogP contribution in [0.25, 0.3) is 0 Å². The number of halogens is 1. The molecule has 2 rings (SSSR count). The van der Waals surface area contributed by atoms with E-state index in [4.69, 9.17) is 9.47 Å². The highest BCUT2D eigenvalue weighted by Crippen LogP contribution is 2.40. The van der Waals surface area contributed by atoms with Crippen LogP contribution in [0.3, 0.4) is 0 Å². The Bertz CT molecular complexity index is 355. The van der Waals surface area contributed by atoms with Gasteiger partial charge in [0.25, 0.3) is 0 Å². The molecule has 1 aromatic rings. The average Bonchev–Trinajstić information content (AvgIpc) is 2.67. The summed E-state index contributed by atoms with van der Waals surface area (Å²) in [7, 11) is 0. The Balaban J connectivity index is 0.00000162. The molecule has 3 nitrogen and oxygen atoms in total. The zero-order valence-corrected chi connectivity index (χ0v) is 12.1. The third kappa shape index (κ3) is 3.30. The van der Waals surface area contributed by atoms with E-state index < -0.39 is 5.79 Å². The molecule has 0 fully saturated rings. The maximum atomic E-state index is 5.88. The number of fused-ring (bicyclic) bond motifs is 1. The van der Waals surface area contributed by atoms with Crippen LogP contribution in [0.15, 0.2) is 24.3 Å². The summed E-state index contributed by atoms with van der Waals surface area (Å²) in [5.74, 6) is 1.20. The summed E-state index contributed by atoms with van der Waals surface area (Å²) in [6.07, 6.45) is 0.878. The molecule has 1 aliphatic heterocycles. The minimum absolute atomic E-state index is 0. The first-order chi connectivity index (χ1) is 8.17. The van der Waals surface area contributed by atoms with Gasteiger partial charge >= 0.3 is 0 Å². The SMILES string of the molecule is CCN(CC)CCC1(C)Oc2ccccc2O1.Cl. The van der Waals surface area contributed by atoms with E-state index in [1.807, 2.05) is 31.2 Å². The molecule has 0 atom stereocenters. The van der Waals surface area contributed by atoms with E-state index in [1.165, 1.54) is 0 Å². The minimum Gasteiger partial charge on any atom is -0.449 e. The fraction of sp³-hybridized carbons (Fsp3) is 0.571. The third-order valence-electron chi connectivity index (χ3n) is 3.28. The summed E-state index contributed by atoms with van der Waals surface area (Å²) >= 11 is 0. The number of hydrogen-bond donors (Lipinski definition) is 0. The maximum Gasteiger partial charge on any atom is 0.250 e. The van der Waals surface area contributed by atoms with E-state index >= 15 is 0 Å². The third-order valence-corrected chi connectivity index (χ3v) is 3.28. The molecule has 4 heteroatoms. The van der Waals surface area contributed by atoms with Crippen LogP contribution in [0.1, 0.15) is 27.2 Å². The second kappa shape index (κ2) is 6.30. The Morgan fingerprint density at radius 3 is 2.00 bits per heavy atom. The molecule has 18 heavy (non-hydrogen) atoms. The fourth-order valence-electron chi connectivity index (χ4n) is 2.11. The lowest BCUT2D eigenvalue weighted by Crippen LogP contribution is -2.39. The first kappa shape index (κ1) is 15.1. The molecule has 102 valence electrons. The van der Waals surface area contributed by atoms with Gasteiger partial charge in [0.2, 0.25) is 5.79 Å². The van der Waals surface area contributed by atoms with Gasteiger partial charge in [-0.3, -0.25) is 0 Å². The van der Waals surface area contributed by atoms with E-state index in [0.29, 0.717) is 0 Å². The smallest absolute Gasteiger partial charge is 0.250 e. The second-order valence-corrected chi connectivity index (χ2v) is 4.56. The minimum atomic E-state index is -0.508. The molecule has 0 saturated carbocycles. The van der Waals surface area contributed by atoms with Gasteiger partial charge < -0.3 is 14.4 Å². The summed E-state index contributed by atoms with van der Waals surface area (Å²) in [5.41, 5.74) is 0. The Labute approximate surface area is 115 Å². The van der Waals surface area contributed by atoms with Crippen molar-refractivity contribution >= 4 is 12.4 Å². The van der Waals surface area contributed by atoms with Crippen LogP contribution >= 0.6 is 12.4 Å². The molecule has 0 spiro atoms. The highest BCUT2D eigenvalue weighted by Gasteiger charge is 2.36. The molecule has 1 heterocycles. The molecular formula is C14H22ClNO2. The molecule has 1 aromatic carbocycles. The number of hydrogen-bond acceptors (Lipinski definition) is 3. The van der Waals surface area contributed by atoms with Crippen LogP contribution in [0.4, 0.5) is 0 Å². The van der Waals surface area contributed by atoms with Crippen LogP contribution < -0.4 is 9.47 Å². The largest absolute Gasteiger partial charge is 0.449 e. The van der Waals surface area contributed by atoms with Crippen molar-refractivity contribution in [3.63, 3.8) is 0 Å². The van der Waals surface area contributed by atoms with Crippen molar-refractivity contribution in [3.8, 4) is 11.5 Å². The quantitative estimate of drug-likeness (QED) is 0.820. The van der Waals surface area contributed by atoms with E-state index in [0.717, 1.165) is 37.6 Å². The zero-order valence-electron chi connectivity index (χ0n) is 11.3. The molecule has 0 amide bonds. The van der Waals surface area contributed by atoms with E-state index in [1.54, 1.807) is 0 Å². The molecule has 0 unspecified atom stereocenters. The van der Waals surface area contributed by atoms with Gasteiger partial charge in [0, 0.05) is 19.9 Å². The highest BCUT2D eigenvalue weighted by atomic mass is 35.5. The van der Waals surface area contributed by atoms with Crippen molar-refractivity contribution in [3.05, 3.63) is 24.3 Å². The van der Waals surface area contributed by atoms with E-state index in [2.05, 4.69) is 18.7 Å². The molecule has 1 aliphatic rings. The lowest BCUT2D eigenvalue weighted by Gasteiger charge is -2.26. The standard InChI is InChI=1S/C14H21NO2.ClH/c1-4-15(5-2)11-10-14(3)16-12-8-6-7-9-13(12)17-14;/h6-9H,4-5,10-11H2,1-3H3;1H. The van der Waals surface area contributed by atoms with E-state index in [-0.39, 0.29) is 12.4 Å². The van der Waals surface area contributed by atoms with Gasteiger partial charge in [-0.2, -0.15) is 0 Å². The van der Waals surface area contributed by atoms with Gasteiger partial charge in [0.15, 0.2) is 11.5 Å². The predicted molar refractivity (Wildman–Crippen MR) is 75.8 cm³/mol. The Kier molecular flexibility index (Phi) is 5.29. The number of benzene rings is 1. The molecule has 0 N–H and O–H groups in total. The van der Waals surface area contributed by atoms with Crippen LogP contribution in [-0.2, 0) is 0 Å². The molecule has 0 radical (unpaired) electrons. The Morgan fingerprint density at radius 2 is 1.56 bits per heavy atom. The van der Waals surface area contributed by atoms with E-state index in [9.17, 15) is 0 Å². The summed E-state index contributed by atoms with van der Waals surface area (Å²) in [6.45, 7) is 9.50. The van der Waals surface area contributed by atoms with Gasteiger partial charge in [-0.15, -0.1) is 12.4 Å². The maximum absolute atomic E-state index is 5.88. The molecule has 0 bridgehead atoms. The zero-order chi connectivity index (χ0) is 12.3. The van der Waals surface area contributed by atoms with Gasteiger partial charge in [0.1, 0.15) is 0 Å². The monoisotopic (exact) mass is 271 g/mol. The van der Waals surface area contributed by atoms with Crippen molar-refractivity contribution in [2.75, 3.05) is 19.6 Å². The van der Waals surface area contributed by atoms with Crippen molar-refractivity contribution < 1.29 is 9.47 Å². The van der Waals surface area contributed by atoms with Gasteiger partial charge in [-0.1, -0.05) is 26.0 Å². The van der Waals surface area contributed by atoms with Crippen molar-refractivity contribution in [1.82, 2.24) is 4.90 Å². The normalized spacial score (nSPS) is 15.6. The summed E-state index contributed by atoms with van der Waals surface area (Å²) in [6, 6.07) is 7.85. The van der Waals surface area contributed by atoms with Crippen LogP contribution in [0.5, 0.6) is 11.5 Å². The predicted octanol–water partition coefficient (Wildman–Crippen LogP) is 3.33. The first-order valence-corrected chi connectivity index (χ1v) is 6.36. The number of rotatable bonds is 5. The Morgan fingerprint density at radius 1 is 1.06 bits per heavy atom. The number of ether oxygens (including phenoxy) is 2. The van der Waals surface area contributed by atoms with Crippen LogP contribution in [0, 0.1) is 0 Å². The Hall–Kier alpha value is -0.930. The summed E-state index contributed by atoms with van der Waals surface area (Å²) in [5, 5.41) is 0. The summed E-state index contributed by atoms with van der Waals surface area (Å²) < 4.78 is 11.8. The second-order valence-electron chi connectivity index (χ2n) is 4.56. The first-order valence-electron chi connectivity index (χ1n) is 6.36. The molecule has 0 aromatic heterocycles. The molecule has 0 aliphatic carbocycles. The van der Waals surface area contributed by atoms with Crippen LogP contribution in [0.2, 0.25) is 0 Å². The highest BCUT2D eigenvalue weighted by molar-refractivity contribution is 5.85. The van der Waals surface area contributed by atoms with Gasteiger partial charge in [-0.05, 0) is 25.2 Å². The summed E-state index contributed by atoms with van der Waals surface area (Å²) in [4.78, 5) is 2.38.